The average Bonchev–Trinajstić information content (AvgIpc) is 2.15. The minimum Gasteiger partial charge on any atom is -0.337 e. The van der Waals surface area contributed by atoms with Gasteiger partial charge in [-0.3, -0.25) is 4.79 Å². The summed E-state index contributed by atoms with van der Waals surface area (Å²) in [7, 11) is 0. The van der Waals surface area contributed by atoms with Crippen LogP contribution in [0.4, 0.5) is 0 Å². The number of amides is 1. The van der Waals surface area contributed by atoms with Gasteiger partial charge in [0, 0.05) is 13.1 Å². The lowest BCUT2D eigenvalue weighted by atomic mass is 10.1. The van der Waals surface area contributed by atoms with E-state index in [9.17, 15) is 4.79 Å². The minimum atomic E-state index is -0.0339. The molecule has 3 heteroatoms. The van der Waals surface area contributed by atoms with Crippen LogP contribution in [0.25, 0.3) is 0 Å². The van der Waals surface area contributed by atoms with Crippen LogP contribution in [0.3, 0.4) is 0 Å². The molecule has 1 atom stereocenters. The fraction of sp³-hybridized carbons (Fsp3) is 0.727. The molecule has 1 unspecified atom stereocenters. The second-order valence-electron chi connectivity index (χ2n) is 4.24. The van der Waals surface area contributed by atoms with E-state index in [4.69, 9.17) is 0 Å². The third-order valence-electron chi connectivity index (χ3n) is 2.46. The van der Waals surface area contributed by atoms with Crippen LogP contribution in [0.15, 0.2) is 11.6 Å². The van der Waals surface area contributed by atoms with Gasteiger partial charge in [0.25, 0.3) is 0 Å². The highest BCUT2D eigenvalue weighted by atomic mass is 79.9. The van der Waals surface area contributed by atoms with E-state index in [-0.39, 0.29) is 10.7 Å². The van der Waals surface area contributed by atoms with E-state index < -0.39 is 0 Å². The Morgan fingerprint density at radius 1 is 1.57 bits per heavy atom. The molecule has 0 aliphatic carbocycles. The van der Waals surface area contributed by atoms with Crippen molar-refractivity contribution in [2.45, 2.75) is 32.0 Å². The molecule has 0 aromatic heterocycles. The van der Waals surface area contributed by atoms with Crippen molar-refractivity contribution in [2.75, 3.05) is 13.1 Å². The Balaban J connectivity index is 2.57. The van der Waals surface area contributed by atoms with Crippen LogP contribution >= 0.6 is 15.9 Å². The Morgan fingerprint density at radius 2 is 2.21 bits per heavy atom. The standard InChI is InChI=1S/C11H18BrNO/c1-8(2)10(12)11(14)13-6-4-5-9(3)7-13/h5,8,10H,4,6-7H2,1-3H3. The Labute approximate surface area is 94.5 Å². The molecular formula is C11H18BrNO. The molecule has 2 nitrogen and oxygen atoms in total. The van der Waals surface area contributed by atoms with Crippen LogP contribution in [-0.2, 0) is 4.79 Å². The van der Waals surface area contributed by atoms with E-state index in [0.29, 0.717) is 5.92 Å². The number of hydrogen-bond donors (Lipinski definition) is 0. The van der Waals surface area contributed by atoms with E-state index in [2.05, 4.69) is 42.8 Å². The quantitative estimate of drug-likeness (QED) is 0.552. The van der Waals surface area contributed by atoms with Crippen LogP contribution in [-0.4, -0.2) is 28.7 Å². The van der Waals surface area contributed by atoms with Gasteiger partial charge in [0.2, 0.25) is 5.91 Å². The predicted octanol–water partition coefficient (Wildman–Crippen LogP) is 2.58. The molecule has 80 valence electrons. The SMILES string of the molecule is CC1=CCCN(C(=O)C(Br)C(C)C)C1. The highest BCUT2D eigenvalue weighted by molar-refractivity contribution is 9.10. The zero-order valence-electron chi connectivity index (χ0n) is 9.09. The summed E-state index contributed by atoms with van der Waals surface area (Å²) in [6, 6.07) is 0. The van der Waals surface area contributed by atoms with E-state index in [0.717, 1.165) is 19.5 Å². The van der Waals surface area contributed by atoms with E-state index in [1.165, 1.54) is 5.57 Å². The maximum atomic E-state index is 11.9. The summed E-state index contributed by atoms with van der Waals surface area (Å²) < 4.78 is 0. The van der Waals surface area contributed by atoms with Gasteiger partial charge in [-0.05, 0) is 19.3 Å². The molecule has 0 saturated carbocycles. The lowest BCUT2D eigenvalue weighted by Gasteiger charge is -2.29. The molecule has 1 aliphatic rings. The summed E-state index contributed by atoms with van der Waals surface area (Å²) in [6.07, 6.45) is 3.21. The van der Waals surface area contributed by atoms with Crippen LogP contribution in [0.1, 0.15) is 27.2 Å². The zero-order valence-corrected chi connectivity index (χ0v) is 10.7. The van der Waals surface area contributed by atoms with Crippen LogP contribution < -0.4 is 0 Å². The molecule has 1 rings (SSSR count). The summed E-state index contributed by atoms with van der Waals surface area (Å²) in [5, 5.41) is 0. The fourth-order valence-corrected chi connectivity index (χ4v) is 1.85. The Morgan fingerprint density at radius 3 is 2.71 bits per heavy atom. The maximum Gasteiger partial charge on any atom is 0.236 e. The molecule has 0 fully saturated rings. The maximum absolute atomic E-state index is 11.9. The van der Waals surface area contributed by atoms with Crippen molar-refractivity contribution in [3.8, 4) is 0 Å². The molecule has 0 radical (unpaired) electrons. The van der Waals surface area contributed by atoms with Crippen molar-refractivity contribution < 1.29 is 4.79 Å². The average molecular weight is 260 g/mol. The number of carbonyl (C=O) groups is 1. The highest BCUT2D eigenvalue weighted by Crippen LogP contribution is 2.18. The molecule has 1 amide bonds. The number of alkyl halides is 1. The first-order chi connectivity index (χ1) is 6.52. The molecule has 1 heterocycles. The molecule has 0 aromatic carbocycles. The van der Waals surface area contributed by atoms with Crippen molar-refractivity contribution in [3.05, 3.63) is 11.6 Å². The van der Waals surface area contributed by atoms with Gasteiger partial charge in [-0.1, -0.05) is 41.4 Å². The molecule has 14 heavy (non-hydrogen) atoms. The van der Waals surface area contributed by atoms with Crippen molar-refractivity contribution in [3.63, 3.8) is 0 Å². The summed E-state index contributed by atoms with van der Waals surface area (Å²) in [5.41, 5.74) is 1.30. The van der Waals surface area contributed by atoms with Gasteiger partial charge in [0.1, 0.15) is 0 Å². The molecule has 0 aromatic rings. The van der Waals surface area contributed by atoms with E-state index in [1.807, 2.05) is 4.90 Å². The summed E-state index contributed by atoms with van der Waals surface area (Å²) in [4.78, 5) is 13.8. The van der Waals surface area contributed by atoms with Crippen molar-refractivity contribution in [2.24, 2.45) is 5.92 Å². The Kier molecular flexibility index (Phi) is 4.17. The smallest absolute Gasteiger partial charge is 0.236 e. The van der Waals surface area contributed by atoms with Crippen molar-refractivity contribution in [1.82, 2.24) is 4.90 Å². The second-order valence-corrected chi connectivity index (χ2v) is 5.23. The van der Waals surface area contributed by atoms with Gasteiger partial charge in [-0.25, -0.2) is 0 Å². The highest BCUT2D eigenvalue weighted by Gasteiger charge is 2.25. The molecule has 0 N–H and O–H groups in total. The topological polar surface area (TPSA) is 20.3 Å². The molecular weight excluding hydrogens is 242 g/mol. The minimum absolute atomic E-state index is 0.0339. The molecule has 0 bridgehead atoms. The van der Waals surface area contributed by atoms with Gasteiger partial charge < -0.3 is 4.90 Å². The van der Waals surface area contributed by atoms with E-state index >= 15 is 0 Å². The van der Waals surface area contributed by atoms with Gasteiger partial charge in [0.15, 0.2) is 0 Å². The first-order valence-corrected chi connectivity index (χ1v) is 6.02. The van der Waals surface area contributed by atoms with Gasteiger partial charge in [0.05, 0.1) is 4.83 Å². The van der Waals surface area contributed by atoms with Crippen LogP contribution in [0, 0.1) is 5.92 Å². The van der Waals surface area contributed by atoms with Crippen molar-refractivity contribution in [1.29, 1.82) is 0 Å². The number of rotatable bonds is 2. The van der Waals surface area contributed by atoms with Crippen LogP contribution in [0.5, 0.6) is 0 Å². The molecule has 1 aliphatic heterocycles. The largest absolute Gasteiger partial charge is 0.337 e. The predicted molar refractivity (Wildman–Crippen MR) is 62.5 cm³/mol. The second kappa shape index (κ2) is 4.96. The first-order valence-electron chi connectivity index (χ1n) is 5.11. The summed E-state index contributed by atoms with van der Waals surface area (Å²) >= 11 is 3.45. The summed E-state index contributed by atoms with van der Waals surface area (Å²) in [6.45, 7) is 7.87. The third kappa shape index (κ3) is 2.84. The Hall–Kier alpha value is -0.310. The number of carbonyl (C=O) groups excluding carboxylic acids is 1. The van der Waals surface area contributed by atoms with Crippen LogP contribution in [0.2, 0.25) is 0 Å². The fourth-order valence-electron chi connectivity index (χ4n) is 1.56. The lowest BCUT2D eigenvalue weighted by molar-refractivity contribution is -0.130. The lowest BCUT2D eigenvalue weighted by Crippen LogP contribution is -2.41. The van der Waals surface area contributed by atoms with Gasteiger partial charge in [-0.2, -0.15) is 0 Å². The van der Waals surface area contributed by atoms with Gasteiger partial charge >= 0.3 is 0 Å². The van der Waals surface area contributed by atoms with Crippen molar-refractivity contribution >= 4 is 21.8 Å². The Bertz CT molecular complexity index is 248. The monoisotopic (exact) mass is 259 g/mol. The number of halogens is 1. The molecule has 0 spiro atoms. The number of nitrogens with zero attached hydrogens (tertiary/aromatic N) is 1. The zero-order chi connectivity index (χ0) is 10.7. The third-order valence-corrected chi connectivity index (χ3v) is 3.91. The number of hydrogen-bond acceptors (Lipinski definition) is 1. The van der Waals surface area contributed by atoms with Gasteiger partial charge in [-0.15, -0.1) is 0 Å². The normalized spacial score (nSPS) is 19.5. The summed E-state index contributed by atoms with van der Waals surface area (Å²) in [5.74, 6) is 0.584. The first kappa shape index (κ1) is 11.8. The molecule has 0 saturated heterocycles. The van der Waals surface area contributed by atoms with E-state index in [1.54, 1.807) is 0 Å².